The van der Waals surface area contributed by atoms with Gasteiger partial charge < -0.3 is 0 Å². The van der Waals surface area contributed by atoms with Gasteiger partial charge in [0.15, 0.2) is 0 Å². The fourth-order valence-electron chi connectivity index (χ4n) is 0.138. The summed E-state index contributed by atoms with van der Waals surface area (Å²) in [7, 11) is 0. The molecule has 0 aromatic rings. The summed E-state index contributed by atoms with van der Waals surface area (Å²) < 4.78 is 0. The number of unbranched alkanes of at least 4 members (excludes halogenated alkanes) is 1. The highest BCUT2D eigenvalue weighted by Crippen LogP contribution is 1.96. The van der Waals surface area contributed by atoms with Crippen LogP contribution < -0.4 is 0 Å². The summed E-state index contributed by atoms with van der Waals surface area (Å²) in [5.74, 6) is 2.51. The molecule has 0 aliphatic carbocycles. The van der Waals surface area contributed by atoms with Gasteiger partial charge in [0.1, 0.15) is 0 Å². The number of terminal acetylenes is 1. The lowest BCUT2D eigenvalue weighted by molar-refractivity contribution is 1.07. The molecule has 1 radical (unpaired) electrons. The van der Waals surface area contributed by atoms with Gasteiger partial charge in [0.2, 0.25) is 0 Å². The van der Waals surface area contributed by atoms with Crippen LogP contribution in [0, 0.1) is 17.7 Å². The Bertz CT molecular complexity index is 51.4. The van der Waals surface area contributed by atoms with Gasteiger partial charge in [-0.15, -0.1) is 12.3 Å². The summed E-state index contributed by atoms with van der Waals surface area (Å²) >= 11 is 3.13. The lowest BCUT2D eigenvalue weighted by atomic mass is 10.4. The lowest BCUT2D eigenvalue weighted by Crippen LogP contribution is -1.60. The van der Waals surface area contributed by atoms with Gasteiger partial charge in [-0.1, -0.05) is 15.9 Å². The molecule has 0 amide bonds. The summed E-state index contributed by atoms with van der Waals surface area (Å²) in [6.45, 7) is 0. The first-order valence-electron chi connectivity index (χ1n) is 1.77. The lowest BCUT2D eigenvalue weighted by Gasteiger charge is -1.77. The van der Waals surface area contributed by atoms with Crippen LogP contribution in [0.5, 0.6) is 0 Å². The predicted molar refractivity (Wildman–Crippen MR) is 31.3 cm³/mol. The van der Waals surface area contributed by atoms with E-state index in [0.717, 1.165) is 12.8 Å². The molecule has 0 fully saturated rings. The normalized spacial score (nSPS) is 7.33. The molecule has 0 saturated heterocycles. The molecule has 1 heteroatoms. The molecule has 0 unspecified atom stereocenters. The summed E-state index contributed by atoms with van der Waals surface area (Å²) in [5.41, 5.74) is 0. The largest absolute Gasteiger partial charge is 0.120 e. The van der Waals surface area contributed by atoms with Crippen molar-refractivity contribution in [2.75, 3.05) is 0 Å². The molecule has 0 nitrogen and oxygen atoms in total. The minimum Gasteiger partial charge on any atom is -0.120 e. The van der Waals surface area contributed by atoms with Crippen LogP contribution in [-0.2, 0) is 0 Å². The minimum absolute atomic E-state index is 0.839. The second-order valence-corrected chi connectivity index (χ2v) is 1.54. The monoisotopic (exact) mass is 145 g/mol. The number of halogens is 1. The molecule has 0 spiro atoms. The van der Waals surface area contributed by atoms with Crippen LogP contribution >= 0.6 is 15.9 Å². The Labute approximate surface area is 47.1 Å². The van der Waals surface area contributed by atoms with Crippen molar-refractivity contribution in [1.29, 1.82) is 0 Å². The van der Waals surface area contributed by atoms with Crippen molar-refractivity contribution >= 4 is 15.9 Å². The number of hydrogen-bond donors (Lipinski definition) is 0. The van der Waals surface area contributed by atoms with E-state index >= 15 is 0 Å². The van der Waals surface area contributed by atoms with Crippen LogP contribution in [0.25, 0.3) is 0 Å². The van der Waals surface area contributed by atoms with E-state index in [4.69, 9.17) is 6.42 Å². The Balaban J connectivity index is 2.54. The standard InChI is InChI=1S/C5H6Br/c1-2-3-4-5-6/h1,5H,3-4H2. The first-order chi connectivity index (χ1) is 2.91. The SMILES string of the molecule is C#CCC[CH]Br. The summed E-state index contributed by atoms with van der Waals surface area (Å²) in [5, 5.41) is 1.88. The van der Waals surface area contributed by atoms with Gasteiger partial charge in [-0.2, -0.15) is 0 Å². The predicted octanol–water partition coefficient (Wildman–Crippen LogP) is 1.96. The second kappa shape index (κ2) is 5.04. The van der Waals surface area contributed by atoms with Gasteiger partial charge >= 0.3 is 0 Å². The maximum atomic E-state index is 4.92. The van der Waals surface area contributed by atoms with E-state index in [1.165, 1.54) is 0 Å². The molecule has 6 heavy (non-hydrogen) atoms. The van der Waals surface area contributed by atoms with Gasteiger partial charge in [0.05, 0.1) is 0 Å². The maximum Gasteiger partial charge on any atom is 0.0280 e. The van der Waals surface area contributed by atoms with E-state index in [1.807, 2.05) is 5.33 Å². The Morgan fingerprint density at radius 2 is 2.50 bits per heavy atom. The molecule has 0 aromatic carbocycles. The smallest absolute Gasteiger partial charge is 0.0280 e. The van der Waals surface area contributed by atoms with Crippen molar-refractivity contribution in [3.05, 3.63) is 5.33 Å². The number of hydrogen-bond acceptors (Lipinski definition) is 0. The molecule has 33 valence electrons. The maximum absolute atomic E-state index is 4.92. The van der Waals surface area contributed by atoms with E-state index in [-0.39, 0.29) is 0 Å². The molecular formula is C5H6Br. The molecular weight excluding hydrogens is 140 g/mol. The second-order valence-electron chi connectivity index (χ2n) is 0.897. The van der Waals surface area contributed by atoms with Crippen LogP contribution in [0.15, 0.2) is 0 Å². The molecule has 0 aliphatic heterocycles. The van der Waals surface area contributed by atoms with Crippen molar-refractivity contribution in [1.82, 2.24) is 0 Å². The van der Waals surface area contributed by atoms with E-state index < -0.39 is 0 Å². The van der Waals surface area contributed by atoms with Crippen LogP contribution in [0.3, 0.4) is 0 Å². The van der Waals surface area contributed by atoms with E-state index in [2.05, 4.69) is 21.9 Å². The average Bonchev–Trinajstić information content (AvgIpc) is 1.61. The van der Waals surface area contributed by atoms with Gasteiger partial charge in [-0.05, 0) is 6.42 Å². The van der Waals surface area contributed by atoms with Crippen molar-refractivity contribution in [2.45, 2.75) is 12.8 Å². The zero-order valence-electron chi connectivity index (χ0n) is 3.45. The first-order valence-corrected chi connectivity index (χ1v) is 2.68. The molecule has 0 N–H and O–H groups in total. The van der Waals surface area contributed by atoms with Crippen LogP contribution in [0.1, 0.15) is 12.8 Å². The Hall–Kier alpha value is 0.0400. The summed E-state index contributed by atoms with van der Waals surface area (Å²) in [6.07, 6.45) is 6.73. The molecule has 0 aromatic heterocycles. The van der Waals surface area contributed by atoms with Gasteiger partial charge in [-0.25, -0.2) is 0 Å². The highest BCUT2D eigenvalue weighted by molar-refractivity contribution is 9.10. The van der Waals surface area contributed by atoms with E-state index in [9.17, 15) is 0 Å². The highest BCUT2D eigenvalue weighted by Gasteiger charge is 1.73. The fourth-order valence-corrected chi connectivity index (χ4v) is 0.367. The third-order valence-corrected chi connectivity index (χ3v) is 0.856. The van der Waals surface area contributed by atoms with Crippen LogP contribution in [0.2, 0.25) is 0 Å². The fraction of sp³-hybridized carbons (Fsp3) is 0.400. The van der Waals surface area contributed by atoms with Crippen molar-refractivity contribution in [2.24, 2.45) is 0 Å². The topological polar surface area (TPSA) is 0 Å². The third-order valence-electron chi connectivity index (χ3n) is 0.398. The van der Waals surface area contributed by atoms with Crippen molar-refractivity contribution in [3.8, 4) is 12.3 Å². The number of rotatable bonds is 2. The van der Waals surface area contributed by atoms with Crippen molar-refractivity contribution < 1.29 is 0 Å². The average molecular weight is 146 g/mol. The zero-order valence-corrected chi connectivity index (χ0v) is 5.03. The van der Waals surface area contributed by atoms with E-state index in [0.29, 0.717) is 0 Å². The molecule has 0 saturated carbocycles. The molecule has 0 atom stereocenters. The Kier molecular flexibility index (Phi) is 5.07. The van der Waals surface area contributed by atoms with Gasteiger partial charge in [0, 0.05) is 11.8 Å². The molecule has 0 aliphatic rings. The first kappa shape index (κ1) is 6.04. The van der Waals surface area contributed by atoms with Crippen LogP contribution in [0.4, 0.5) is 0 Å². The minimum atomic E-state index is 0.839. The highest BCUT2D eigenvalue weighted by atomic mass is 79.9. The van der Waals surface area contributed by atoms with Gasteiger partial charge in [-0.3, -0.25) is 0 Å². The summed E-state index contributed by atoms with van der Waals surface area (Å²) in [6, 6.07) is 0. The molecule has 0 rings (SSSR count). The van der Waals surface area contributed by atoms with Gasteiger partial charge in [0.25, 0.3) is 0 Å². The van der Waals surface area contributed by atoms with E-state index in [1.54, 1.807) is 0 Å². The Morgan fingerprint density at radius 3 is 2.67 bits per heavy atom. The summed E-state index contributed by atoms with van der Waals surface area (Å²) in [4.78, 5) is 0. The molecule has 0 heterocycles. The quantitative estimate of drug-likeness (QED) is 0.412. The van der Waals surface area contributed by atoms with Crippen molar-refractivity contribution in [3.63, 3.8) is 0 Å². The third kappa shape index (κ3) is 4.04. The molecule has 0 bridgehead atoms. The Morgan fingerprint density at radius 1 is 1.83 bits per heavy atom. The zero-order chi connectivity index (χ0) is 4.83. The van der Waals surface area contributed by atoms with Crippen LogP contribution in [-0.4, -0.2) is 0 Å².